The van der Waals surface area contributed by atoms with Gasteiger partial charge in [-0.05, 0) is 20.8 Å². The summed E-state index contributed by atoms with van der Waals surface area (Å²) in [6, 6.07) is 0. The Balaban J connectivity index is 2.68. The molecule has 0 unspecified atom stereocenters. The van der Waals surface area contributed by atoms with Gasteiger partial charge in [-0.1, -0.05) is 11.3 Å². The van der Waals surface area contributed by atoms with E-state index in [0.717, 1.165) is 5.01 Å². The molecule has 0 aromatic carbocycles. The van der Waals surface area contributed by atoms with Crippen LogP contribution in [-0.2, 0) is 11.2 Å². The van der Waals surface area contributed by atoms with Gasteiger partial charge in [-0.15, -0.1) is 10.2 Å². The smallest absolute Gasteiger partial charge is 0.354 e. The lowest BCUT2D eigenvalue weighted by molar-refractivity contribution is -0.136. The van der Waals surface area contributed by atoms with Crippen LogP contribution >= 0.6 is 11.3 Å². The first kappa shape index (κ1) is 13.3. The zero-order valence-electron chi connectivity index (χ0n) is 10.7. The highest BCUT2D eigenvalue weighted by atomic mass is 32.1. The molecular weight excluding hydrogens is 268 g/mol. The van der Waals surface area contributed by atoms with Gasteiger partial charge in [0, 0.05) is 17.0 Å². The van der Waals surface area contributed by atoms with Crippen molar-refractivity contribution in [3.05, 3.63) is 32.4 Å². The molecule has 0 amide bonds. The highest BCUT2D eigenvalue weighted by Crippen LogP contribution is 2.17. The number of nitrogens with zero attached hydrogens (tertiary/aromatic N) is 4. The minimum absolute atomic E-state index is 0.178. The average Bonchev–Trinajstić information content (AvgIpc) is 2.70. The van der Waals surface area contributed by atoms with Crippen LogP contribution in [0.4, 0.5) is 0 Å². The van der Waals surface area contributed by atoms with E-state index in [2.05, 4.69) is 15.2 Å². The molecule has 2 rings (SSSR count). The fourth-order valence-electron chi connectivity index (χ4n) is 1.81. The molecule has 2 aromatic rings. The standard InChI is InChI=1S/C11H12N4O3S/c1-5-8(4-9(16)17)6(2)15(10(18)12-5)11-14-13-7(3)19-11/h4H2,1-3H3,(H,16,17). The molecule has 19 heavy (non-hydrogen) atoms. The molecule has 0 atom stereocenters. The molecule has 0 saturated heterocycles. The van der Waals surface area contributed by atoms with Gasteiger partial charge in [0.1, 0.15) is 5.01 Å². The molecular formula is C11H12N4O3S. The van der Waals surface area contributed by atoms with Crippen molar-refractivity contribution in [2.45, 2.75) is 27.2 Å². The second-order valence-corrected chi connectivity index (χ2v) is 5.21. The Morgan fingerprint density at radius 3 is 2.53 bits per heavy atom. The minimum Gasteiger partial charge on any atom is -0.481 e. The maximum absolute atomic E-state index is 12.0. The van der Waals surface area contributed by atoms with Gasteiger partial charge in [0.15, 0.2) is 0 Å². The predicted molar refractivity (Wildman–Crippen MR) is 68.9 cm³/mol. The minimum atomic E-state index is -0.966. The van der Waals surface area contributed by atoms with Crippen LogP contribution in [0.25, 0.3) is 5.13 Å². The monoisotopic (exact) mass is 280 g/mol. The van der Waals surface area contributed by atoms with Crippen LogP contribution in [0.5, 0.6) is 0 Å². The number of aryl methyl sites for hydroxylation is 2. The fraction of sp³-hybridized carbons (Fsp3) is 0.364. The van der Waals surface area contributed by atoms with Gasteiger partial charge >= 0.3 is 11.7 Å². The summed E-state index contributed by atoms with van der Waals surface area (Å²) in [5, 5.41) is 17.8. The largest absolute Gasteiger partial charge is 0.481 e. The van der Waals surface area contributed by atoms with Crippen LogP contribution in [0, 0.1) is 20.8 Å². The number of rotatable bonds is 3. The number of hydrogen-bond acceptors (Lipinski definition) is 6. The lowest BCUT2D eigenvalue weighted by Crippen LogP contribution is -2.27. The molecule has 0 fully saturated rings. The molecule has 0 aliphatic rings. The second-order valence-electron chi connectivity index (χ2n) is 4.05. The molecule has 2 heterocycles. The first-order valence-electron chi connectivity index (χ1n) is 5.51. The maximum atomic E-state index is 12.0. The van der Waals surface area contributed by atoms with E-state index in [1.807, 2.05) is 0 Å². The van der Waals surface area contributed by atoms with Crippen molar-refractivity contribution in [1.29, 1.82) is 0 Å². The van der Waals surface area contributed by atoms with Gasteiger partial charge in [0.2, 0.25) is 5.13 Å². The third kappa shape index (κ3) is 2.53. The van der Waals surface area contributed by atoms with Crippen molar-refractivity contribution >= 4 is 17.3 Å². The Kier molecular flexibility index (Phi) is 3.43. The molecule has 0 radical (unpaired) electrons. The van der Waals surface area contributed by atoms with Gasteiger partial charge < -0.3 is 5.11 Å². The number of aromatic nitrogens is 4. The van der Waals surface area contributed by atoms with Gasteiger partial charge in [0.05, 0.1) is 6.42 Å². The van der Waals surface area contributed by atoms with Gasteiger partial charge in [-0.25, -0.2) is 9.36 Å². The number of carboxylic acid groups (broad SMARTS) is 1. The summed E-state index contributed by atoms with van der Waals surface area (Å²) < 4.78 is 1.30. The third-order valence-electron chi connectivity index (χ3n) is 2.70. The molecule has 1 N–H and O–H groups in total. The number of aliphatic carboxylic acids is 1. The Morgan fingerprint density at radius 2 is 2.00 bits per heavy atom. The van der Waals surface area contributed by atoms with Gasteiger partial charge in [0.25, 0.3) is 0 Å². The zero-order chi connectivity index (χ0) is 14.2. The number of hydrogen-bond donors (Lipinski definition) is 1. The first-order valence-corrected chi connectivity index (χ1v) is 6.33. The van der Waals surface area contributed by atoms with Crippen molar-refractivity contribution < 1.29 is 9.90 Å². The molecule has 0 bridgehead atoms. The van der Waals surface area contributed by atoms with E-state index in [1.165, 1.54) is 15.9 Å². The van der Waals surface area contributed by atoms with Crippen molar-refractivity contribution in [1.82, 2.24) is 19.7 Å². The highest BCUT2D eigenvalue weighted by molar-refractivity contribution is 7.13. The topological polar surface area (TPSA) is 98.0 Å². The van der Waals surface area contributed by atoms with Crippen molar-refractivity contribution in [2.24, 2.45) is 0 Å². The van der Waals surface area contributed by atoms with Crippen LogP contribution in [-0.4, -0.2) is 30.8 Å². The zero-order valence-corrected chi connectivity index (χ0v) is 11.5. The molecule has 0 spiro atoms. The molecule has 8 heteroatoms. The van der Waals surface area contributed by atoms with Crippen LogP contribution in [0.1, 0.15) is 22.0 Å². The SMILES string of the molecule is Cc1nnc(-n2c(C)c(CC(=O)O)c(C)nc2=O)s1. The van der Waals surface area contributed by atoms with Gasteiger partial charge in [-0.2, -0.15) is 4.98 Å². The second kappa shape index (κ2) is 4.88. The summed E-state index contributed by atoms with van der Waals surface area (Å²) in [6.45, 7) is 5.09. The van der Waals surface area contributed by atoms with E-state index in [-0.39, 0.29) is 6.42 Å². The van der Waals surface area contributed by atoms with Crippen LogP contribution in [0.3, 0.4) is 0 Å². The Labute approximate surface area is 112 Å². The predicted octanol–water partition coefficient (Wildman–Crippen LogP) is 0.636. The molecule has 0 aliphatic carbocycles. The van der Waals surface area contributed by atoms with E-state index in [9.17, 15) is 9.59 Å². The van der Waals surface area contributed by atoms with E-state index >= 15 is 0 Å². The summed E-state index contributed by atoms with van der Waals surface area (Å²) in [7, 11) is 0. The first-order chi connectivity index (χ1) is 8.90. The molecule has 0 aliphatic heterocycles. The highest BCUT2D eigenvalue weighted by Gasteiger charge is 2.17. The lowest BCUT2D eigenvalue weighted by Gasteiger charge is -2.11. The third-order valence-corrected chi connectivity index (χ3v) is 3.52. The Bertz CT molecular complexity index is 704. The van der Waals surface area contributed by atoms with Crippen LogP contribution < -0.4 is 5.69 Å². The summed E-state index contributed by atoms with van der Waals surface area (Å²) >= 11 is 1.26. The number of carbonyl (C=O) groups is 1. The van der Waals surface area contributed by atoms with Crippen molar-refractivity contribution in [3.63, 3.8) is 0 Å². The van der Waals surface area contributed by atoms with E-state index in [1.54, 1.807) is 20.8 Å². The fourth-order valence-corrected chi connectivity index (χ4v) is 2.54. The Morgan fingerprint density at radius 1 is 1.32 bits per heavy atom. The van der Waals surface area contributed by atoms with Crippen molar-refractivity contribution in [3.8, 4) is 5.13 Å². The Hall–Kier alpha value is -2.09. The van der Waals surface area contributed by atoms with Crippen LogP contribution in [0.2, 0.25) is 0 Å². The van der Waals surface area contributed by atoms with Crippen LogP contribution in [0.15, 0.2) is 4.79 Å². The summed E-state index contributed by atoms with van der Waals surface area (Å²) in [5.41, 5.74) is 1.03. The number of carboxylic acids is 1. The lowest BCUT2D eigenvalue weighted by atomic mass is 10.1. The summed E-state index contributed by atoms with van der Waals surface area (Å²) in [5.74, 6) is -0.966. The normalized spacial score (nSPS) is 10.7. The van der Waals surface area contributed by atoms with Gasteiger partial charge in [-0.3, -0.25) is 4.79 Å². The quantitative estimate of drug-likeness (QED) is 0.885. The molecule has 2 aromatic heterocycles. The van der Waals surface area contributed by atoms with E-state index < -0.39 is 11.7 Å². The summed E-state index contributed by atoms with van der Waals surface area (Å²) in [4.78, 5) is 26.7. The molecule has 7 nitrogen and oxygen atoms in total. The summed E-state index contributed by atoms with van der Waals surface area (Å²) in [6.07, 6.45) is -0.178. The average molecular weight is 280 g/mol. The maximum Gasteiger partial charge on any atom is 0.354 e. The van der Waals surface area contributed by atoms with Crippen molar-refractivity contribution in [2.75, 3.05) is 0 Å². The van der Waals surface area contributed by atoms with E-state index in [0.29, 0.717) is 22.1 Å². The molecule has 0 saturated carbocycles. The molecule has 100 valence electrons. The van der Waals surface area contributed by atoms with E-state index in [4.69, 9.17) is 5.11 Å².